The van der Waals surface area contributed by atoms with Crippen molar-refractivity contribution in [2.24, 2.45) is 0 Å². The Morgan fingerprint density at radius 2 is 2.24 bits per heavy atom. The minimum atomic E-state index is 0.137. The van der Waals surface area contributed by atoms with Gasteiger partial charge in [-0.2, -0.15) is 11.3 Å². The van der Waals surface area contributed by atoms with E-state index in [1.165, 1.54) is 5.56 Å². The summed E-state index contributed by atoms with van der Waals surface area (Å²) >= 11 is 1.77. The van der Waals surface area contributed by atoms with Gasteiger partial charge in [0.15, 0.2) is 0 Å². The number of hydrogen-bond donors (Lipinski definition) is 1. The van der Waals surface area contributed by atoms with E-state index in [9.17, 15) is 0 Å². The van der Waals surface area contributed by atoms with Gasteiger partial charge in [-0.1, -0.05) is 0 Å². The second-order valence-electron chi connectivity index (χ2n) is 4.52. The van der Waals surface area contributed by atoms with Gasteiger partial charge in [-0.15, -0.1) is 0 Å². The highest BCUT2D eigenvalue weighted by molar-refractivity contribution is 7.07. The molecule has 4 heteroatoms. The highest BCUT2D eigenvalue weighted by atomic mass is 32.1. The molecule has 0 spiro atoms. The molecule has 0 atom stereocenters. The fraction of sp³-hybridized carbons (Fsp3) is 0.692. The number of hydrogen-bond acceptors (Lipinski definition) is 4. The number of ether oxygens (including phenoxy) is 1. The van der Waals surface area contributed by atoms with Crippen LogP contribution in [0.1, 0.15) is 18.4 Å². The number of thiophene rings is 1. The van der Waals surface area contributed by atoms with Crippen molar-refractivity contribution in [3.63, 3.8) is 0 Å². The second kappa shape index (κ2) is 7.11. The average Bonchev–Trinajstić information content (AvgIpc) is 2.88. The monoisotopic (exact) mass is 255 g/mol. The van der Waals surface area contributed by atoms with Crippen LogP contribution in [0.4, 0.5) is 0 Å². The van der Waals surface area contributed by atoms with Crippen molar-refractivity contribution < 1.29 is 9.84 Å². The molecule has 1 N–H and O–H groups in total. The highest BCUT2D eigenvalue weighted by Crippen LogP contribution is 2.14. The Kier molecular flexibility index (Phi) is 5.45. The van der Waals surface area contributed by atoms with E-state index >= 15 is 0 Å². The fourth-order valence-electron chi connectivity index (χ4n) is 2.24. The molecule has 1 fully saturated rings. The van der Waals surface area contributed by atoms with Gasteiger partial charge < -0.3 is 14.7 Å². The molecule has 1 aromatic rings. The number of rotatable bonds is 6. The van der Waals surface area contributed by atoms with Crippen LogP contribution in [0.3, 0.4) is 0 Å². The van der Waals surface area contributed by atoms with Crippen molar-refractivity contribution >= 4 is 11.3 Å². The van der Waals surface area contributed by atoms with Crippen molar-refractivity contribution in [1.29, 1.82) is 0 Å². The molecule has 2 rings (SSSR count). The maximum Gasteiger partial charge on any atom is 0.0701 e. The summed E-state index contributed by atoms with van der Waals surface area (Å²) < 4.78 is 5.56. The van der Waals surface area contributed by atoms with Crippen molar-refractivity contribution in [1.82, 2.24) is 4.90 Å². The quantitative estimate of drug-likeness (QED) is 0.841. The third kappa shape index (κ3) is 4.39. The molecule has 0 saturated carbocycles. The standard InChI is InChI=1S/C13H21NO2S/c15-8-9-16-13-2-6-14(7-3-13)5-1-12-4-10-17-11-12/h4,10-11,13,15H,1-3,5-9H2. The summed E-state index contributed by atoms with van der Waals surface area (Å²) in [4.78, 5) is 2.51. The minimum absolute atomic E-state index is 0.137. The van der Waals surface area contributed by atoms with Gasteiger partial charge in [-0.3, -0.25) is 0 Å². The van der Waals surface area contributed by atoms with Crippen LogP contribution in [-0.2, 0) is 11.2 Å². The van der Waals surface area contributed by atoms with Crippen molar-refractivity contribution in [2.75, 3.05) is 32.8 Å². The molecule has 0 radical (unpaired) electrons. The first-order chi connectivity index (χ1) is 8.38. The first kappa shape index (κ1) is 13.0. The summed E-state index contributed by atoms with van der Waals surface area (Å²) in [6.07, 6.45) is 3.72. The molecule has 1 aromatic heterocycles. The summed E-state index contributed by atoms with van der Waals surface area (Å²) in [5.41, 5.74) is 1.45. The molecule has 2 heterocycles. The summed E-state index contributed by atoms with van der Waals surface area (Å²) in [7, 11) is 0. The molecular formula is C13H21NO2S. The van der Waals surface area contributed by atoms with Crippen LogP contribution in [-0.4, -0.2) is 49.0 Å². The summed E-state index contributed by atoms with van der Waals surface area (Å²) in [5, 5.41) is 13.1. The summed E-state index contributed by atoms with van der Waals surface area (Å²) in [6, 6.07) is 2.21. The highest BCUT2D eigenvalue weighted by Gasteiger charge is 2.18. The fourth-order valence-corrected chi connectivity index (χ4v) is 2.94. The van der Waals surface area contributed by atoms with Gasteiger partial charge in [-0.25, -0.2) is 0 Å². The number of aliphatic hydroxyl groups excluding tert-OH is 1. The first-order valence-electron chi connectivity index (χ1n) is 6.34. The summed E-state index contributed by atoms with van der Waals surface area (Å²) in [6.45, 7) is 4.03. The normalized spacial score (nSPS) is 18.6. The molecule has 0 amide bonds. The molecule has 0 bridgehead atoms. The van der Waals surface area contributed by atoms with Crippen LogP contribution < -0.4 is 0 Å². The first-order valence-corrected chi connectivity index (χ1v) is 7.28. The zero-order valence-electron chi connectivity index (χ0n) is 10.2. The van der Waals surface area contributed by atoms with Crippen LogP contribution in [0.5, 0.6) is 0 Å². The van der Waals surface area contributed by atoms with Gasteiger partial charge in [0, 0.05) is 19.6 Å². The molecule has 3 nitrogen and oxygen atoms in total. The van der Waals surface area contributed by atoms with Crippen molar-refractivity contribution in [2.45, 2.75) is 25.4 Å². The number of piperidine rings is 1. The van der Waals surface area contributed by atoms with Crippen LogP contribution in [0, 0.1) is 0 Å². The third-order valence-corrected chi connectivity index (χ3v) is 4.01. The molecular weight excluding hydrogens is 234 g/mol. The number of nitrogens with zero attached hydrogens (tertiary/aromatic N) is 1. The maximum absolute atomic E-state index is 8.70. The zero-order chi connectivity index (χ0) is 11.9. The third-order valence-electron chi connectivity index (χ3n) is 3.28. The molecule has 17 heavy (non-hydrogen) atoms. The molecule has 1 aliphatic heterocycles. The smallest absolute Gasteiger partial charge is 0.0701 e. The SMILES string of the molecule is OCCOC1CCN(CCc2ccsc2)CC1. The van der Waals surface area contributed by atoms with E-state index in [2.05, 4.69) is 21.7 Å². The van der Waals surface area contributed by atoms with Crippen LogP contribution in [0.15, 0.2) is 16.8 Å². The zero-order valence-corrected chi connectivity index (χ0v) is 11.0. The van der Waals surface area contributed by atoms with Crippen molar-refractivity contribution in [3.8, 4) is 0 Å². The van der Waals surface area contributed by atoms with Gasteiger partial charge in [0.25, 0.3) is 0 Å². The topological polar surface area (TPSA) is 32.7 Å². The Balaban J connectivity index is 1.62. The van der Waals surface area contributed by atoms with E-state index in [0.29, 0.717) is 12.7 Å². The van der Waals surface area contributed by atoms with E-state index in [0.717, 1.165) is 38.9 Å². The van der Waals surface area contributed by atoms with Crippen molar-refractivity contribution in [3.05, 3.63) is 22.4 Å². The lowest BCUT2D eigenvalue weighted by Gasteiger charge is -2.31. The van der Waals surface area contributed by atoms with Gasteiger partial charge in [-0.05, 0) is 41.7 Å². The summed E-state index contributed by atoms with van der Waals surface area (Å²) in [5.74, 6) is 0. The van der Waals surface area contributed by atoms with E-state index in [-0.39, 0.29) is 6.61 Å². The van der Waals surface area contributed by atoms with Crippen LogP contribution >= 0.6 is 11.3 Å². The average molecular weight is 255 g/mol. The Morgan fingerprint density at radius 3 is 2.88 bits per heavy atom. The lowest BCUT2D eigenvalue weighted by atomic mass is 10.1. The van der Waals surface area contributed by atoms with Gasteiger partial charge in [0.1, 0.15) is 0 Å². The van der Waals surface area contributed by atoms with E-state index in [4.69, 9.17) is 9.84 Å². The second-order valence-corrected chi connectivity index (χ2v) is 5.30. The molecule has 1 aliphatic rings. The molecule has 0 aromatic carbocycles. The minimum Gasteiger partial charge on any atom is -0.394 e. The lowest BCUT2D eigenvalue weighted by molar-refractivity contribution is -0.00748. The van der Waals surface area contributed by atoms with Gasteiger partial charge in [0.05, 0.1) is 19.3 Å². The molecule has 0 unspecified atom stereocenters. The Labute approximate surface area is 107 Å². The van der Waals surface area contributed by atoms with Gasteiger partial charge in [0.2, 0.25) is 0 Å². The Hall–Kier alpha value is -0.420. The number of likely N-dealkylation sites (tertiary alicyclic amines) is 1. The Bertz CT molecular complexity index is 294. The molecule has 1 saturated heterocycles. The molecule has 0 aliphatic carbocycles. The van der Waals surface area contributed by atoms with E-state index in [1.807, 2.05) is 0 Å². The van der Waals surface area contributed by atoms with Crippen LogP contribution in [0.2, 0.25) is 0 Å². The van der Waals surface area contributed by atoms with Crippen LogP contribution in [0.25, 0.3) is 0 Å². The predicted octanol–water partition coefficient (Wildman–Crippen LogP) is 1.76. The largest absolute Gasteiger partial charge is 0.394 e. The maximum atomic E-state index is 8.70. The Morgan fingerprint density at radius 1 is 1.41 bits per heavy atom. The number of aliphatic hydroxyl groups is 1. The van der Waals surface area contributed by atoms with Gasteiger partial charge >= 0.3 is 0 Å². The predicted molar refractivity (Wildman–Crippen MR) is 70.5 cm³/mol. The van der Waals surface area contributed by atoms with E-state index < -0.39 is 0 Å². The van der Waals surface area contributed by atoms with E-state index in [1.54, 1.807) is 11.3 Å². The lowest BCUT2D eigenvalue weighted by Crippen LogP contribution is -2.38. The molecule has 96 valence electrons.